The second kappa shape index (κ2) is 6.38. The van der Waals surface area contributed by atoms with Crippen LogP contribution in [0.1, 0.15) is 0 Å². The molecule has 136 valence electrons. The van der Waals surface area contributed by atoms with Crippen LogP contribution in [-0.2, 0) is 0 Å². The number of halogens is 1. The zero-order chi connectivity index (χ0) is 19.1. The van der Waals surface area contributed by atoms with Gasteiger partial charge in [0.2, 0.25) is 5.88 Å². The lowest BCUT2D eigenvalue weighted by molar-refractivity contribution is 0.399. The zero-order valence-electron chi connectivity index (χ0n) is 14.8. The van der Waals surface area contributed by atoms with Crippen molar-refractivity contribution in [2.45, 2.75) is 0 Å². The molecule has 0 aliphatic carbocycles. The number of fused-ring (bicyclic) bond motifs is 3. The van der Waals surface area contributed by atoms with Crippen molar-refractivity contribution in [1.82, 2.24) is 24.9 Å². The number of aromatic amines is 1. The minimum Gasteiger partial charge on any atom is -0.481 e. The largest absolute Gasteiger partial charge is 0.481 e. The van der Waals surface area contributed by atoms with E-state index in [2.05, 4.69) is 24.9 Å². The van der Waals surface area contributed by atoms with E-state index in [1.807, 2.05) is 18.2 Å². The molecule has 0 radical (unpaired) electrons. The van der Waals surface area contributed by atoms with E-state index >= 15 is 0 Å². The molecule has 7 heteroatoms. The summed E-state index contributed by atoms with van der Waals surface area (Å²) in [6.45, 7) is 0. The molecule has 0 aromatic carbocycles. The second-order valence-electron chi connectivity index (χ2n) is 6.25. The van der Waals surface area contributed by atoms with Gasteiger partial charge in [0.05, 0.1) is 30.7 Å². The van der Waals surface area contributed by atoms with Crippen molar-refractivity contribution in [3.05, 3.63) is 67.1 Å². The van der Waals surface area contributed by atoms with Crippen molar-refractivity contribution >= 4 is 21.9 Å². The minimum absolute atomic E-state index is 0.352. The average Bonchev–Trinajstić information content (AvgIpc) is 3.12. The third-order valence-electron chi connectivity index (χ3n) is 4.65. The monoisotopic (exact) mass is 371 g/mol. The molecule has 1 N–H and O–H groups in total. The predicted molar refractivity (Wildman–Crippen MR) is 104 cm³/mol. The van der Waals surface area contributed by atoms with Gasteiger partial charge < -0.3 is 9.72 Å². The third kappa shape index (κ3) is 2.48. The smallest absolute Gasteiger partial charge is 0.221 e. The Morgan fingerprint density at radius 2 is 1.89 bits per heavy atom. The zero-order valence-corrected chi connectivity index (χ0v) is 14.8. The molecule has 28 heavy (non-hydrogen) atoms. The van der Waals surface area contributed by atoms with Crippen LogP contribution in [0.4, 0.5) is 4.39 Å². The fourth-order valence-corrected chi connectivity index (χ4v) is 3.41. The van der Waals surface area contributed by atoms with Gasteiger partial charge in [0.25, 0.3) is 0 Å². The van der Waals surface area contributed by atoms with E-state index in [9.17, 15) is 4.39 Å². The number of methoxy groups -OCH3 is 1. The Balaban J connectivity index is 1.86. The number of pyridine rings is 4. The molecule has 0 aliphatic heterocycles. The molecule has 0 spiro atoms. The van der Waals surface area contributed by atoms with Crippen LogP contribution in [0.25, 0.3) is 44.3 Å². The van der Waals surface area contributed by atoms with Gasteiger partial charge in [-0.05, 0) is 30.3 Å². The van der Waals surface area contributed by atoms with Gasteiger partial charge in [-0.3, -0.25) is 9.97 Å². The van der Waals surface area contributed by atoms with Crippen molar-refractivity contribution in [2.24, 2.45) is 0 Å². The number of hydrogen-bond acceptors (Lipinski definition) is 5. The first-order valence-corrected chi connectivity index (χ1v) is 8.62. The molecule has 0 amide bonds. The van der Waals surface area contributed by atoms with Gasteiger partial charge in [0, 0.05) is 46.1 Å². The minimum atomic E-state index is -0.445. The summed E-state index contributed by atoms with van der Waals surface area (Å²) < 4.78 is 20.3. The number of nitrogens with zero attached hydrogens (tertiary/aromatic N) is 4. The Kier molecular flexibility index (Phi) is 3.72. The highest BCUT2D eigenvalue weighted by molar-refractivity contribution is 6.13. The van der Waals surface area contributed by atoms with Crippen molar-refractivity contribution in [2.75, 3.05) is 7.11 Å². The van der Waals surface area contributed by atoms with Crippen LogP contribution in [0.15, 0.2) is 61.3 Å². The van der Waals surface area contributed by atoms with Gasteiger partial charge in [-0.1, -0.05) is 0 Å². The van der Waals surface area contributed by atoms with E-state index in [0.29, 0.717) is 28.0 Å². The van der Waals surface area contributed by atoms with Gasteiger partial charge in [-0.2, -0.15) is 0 Å². The first-order valence-electron chi connectivity index (χ1n) is 8.62. The van der Waals surface area contributed by atoms with Crippen LogP contribution in [0.3, 0.4) is 0 Å². The van der Waals surface area contributed by atoms with Crippen LogP contribution < -0.4 is 4.74 Å². The van der Waals surface area contributed by atoms with E-state index in [0.717, 1.165) is 22.2 Å². The highest BCUT2D eigenvalue weighted by Crippen LogP contribution is 2.39. The summed E-state index contributed by atoms with van der Waals surface area (Å²) in [5.74, 6) is -0.0933. The molecular formula is C21H14FN5O. The molecule has 0 atom stereocenters. The van der Waals surface area contributed by atoms with Gasteiger partial charge in [-0.15, -0.1) is 0 Å². The van der Waals surface area contributed by atoms with E-state index < -0.39 is 5.82 Å². The van der Waals surface area contributed by atoms with Crippen LogP contribution in [0.5, 0.6) is 5.88 Å². The maximum absolute atomic E-state index is 15.0. The molecule has 0 unspecified atom stereocenters. The van der Waals surface area contributed by atoms with E-state index in [4.69, 9.17) is 4.74 Å². The normalized spacial score (nSPS) is 11.2. The standard InChI is InChI=1S/C21H14FN5O/c1-28-21-13(5-3-7-24-21)18-15(22)10-26-20-19(18)14-8-16(25-11-17(14)27-20)12-4-2-6-23-9-12/h2-11H,1H3,(H,26,27). The van der Waals surface area contributed by atoms with Crippen LogP contribution in [0, 0.1) is 5.82 Å². The fraction of sp³-hybridized carbons (Fsp3) is 0.0476. The molecule has 0 aliphatic rings. The Morgan fingerprint density at radius 3 is 2.71 bits per heavy atom. The number of ether oxygens (including phenoxy) is 1. The van der Waals surface area contributed by atoms with Gasteiger partial charge in [-0.25, -0.2) is 14.4 Å². The number of H-pyrrole nitrogens is 1. The topological polar surface area (TPSA) is 76.6 Å². The molecule has 0 saturated heterocycles. The summed E-state index contributed by atoms with van der Waals surface area (Å²) in [5, 5.41) is 1.48. The Morgan fingerprint density at radius 1 is 1.00 bits per heavy atom. The fourth-order valence-electron chi connectivity index (χ4n) is 3.41. The Labute approximate surface area is 159 Å². The quantitative estimate of drug-likeness (QED) is 0.509. The summed E-state index contributed by atoms with van der Waals surface area (Å²) in [5.41, 5.74) is 3.92. The number of aromatic nitrogens is 5. The Hall–Kier alpha value is -3.87. The number of rotatable bonds is 3. The van der Waals surface area contributed by atoms with Crippen molar-refractivity contribution in [1.29, 1.82) is 0 Å². The first-order chi connectivity index (χ1) is 13.8. The average molecular weight is 371 g/mol. The molecule has 6 nitrogen and oxygen atoms in total. The maximum atomic E-state index is 15.0. The molecule has 5 rings (SSSR count). The highest BCUT2D eigenvalue weighted by atomic mass is 19.1. The summed E-state index contributed by atoms with van der Waals surface area (Å²) in [6, 6.07) is 9.23. The third-order valence-corrected chi connectivity index (χ3v) is 4.65. The first kappa shape index (κ1) is 16.3. The number of hydrogen-bond donors (Lipinski definition) is 1. The lowest BCUT2D eigenvalue weighted by atomic mass is 10.0. The molecule has 5 heterocycles. The molecular weight excluding hydrogens is 357 g/mol. The van der Waals surface area contributed by atoms with Gasteiger partial charge >= 0.3 is 0 Å². The number of nitrogens with one attached hydrogen (secondary N) is 1. The lowest BCUT2D eigenvalue weighted by Gasteiger charge is -2.09. The molecule has 0 saturated carbocycles. The van der Waals surface area contributed by atoms with E-state index in [1.165, 1.54) is 13.3 Å². The molecule has 0 fully saturated rings. The van der Waals surface area contributed by atoms with E-state index in [1.54, 1.807) is 36.9 Å². The summed E-state index contributed by atoms with van der Waals surface area (Å²) >= 11 is 0. The second-order valence-corrected chi connectivity index (χ2v) is 6.25. The van der Waals surface area contributed by atoms with Gasteiger partial charge in [0.1, 0.15) is 11.5 Å². The Bertz CT molecular complexity index is 1320. The van der Waals surface area contributed by atoms with Crippen LogP contribution >= 0.6 is 0 Å². The lowest BCUT2D eigenvalue weighted by Crippen LogP contribution is -1.94. The highest BCUT2D eigenvalue weighted by Gasteiger charge is 2.20. The maximum Gasteiger partial charge on any atom is 0.221 e. The molecule has 5 aromatic heterocycles. The van der Waals surface area contributed by atoms with Gasteiger partial charge in [0.15, 0.2) is 0 Å². The SMILES string of the molecule is COc1ncccc1-c1c(F)cnc2[nH]c3cnc(-c4cccnc4)cc3c12. The van der Waals surface area contributed by atoms with E-state index in [-0.39, 0.29) is 0 Å². The summed E-state index contributed by atoms with van der Waals surface area (Å²) in [7, 11) is 1.52. The molecule has 0 bridgehead atoms. The van der Waals surface area contributed by atoms with Crippen molar-refractivity contribution < 1.29 is 9.13 Å². The van der Waals surface area contributed by atoms with Crippen molar-refractivity contribution in [3.63, 3.8) is 0 Å². The predicted octanol–water partition coefficient (Wildman–Crippen LogP) is 4.38. The van der Waals surface area contributed by atoms with Crippen LogP contribution in [-0.4, -0.2) is 32.0 Å². The van der Waals surface area contributed by atoms with Crippen LogP contribution in [0.2, 0.25) is 0 Å². The van der Waals surface area contributed by atoms with Crippen molar-refractivity contribution in [3.8, 4) is 28.3 Å². The summed E-state index contributed by atoms with van der Waals surface area (Å²) in [6.07, 6.45) is 7.99. The summed E-state index contributed by atoms with van der Waals surface area (Å²) in [4.78, 5) is 20.3. The molecule has 5 aromatic rings.